The van der Waals surface area contributed by atoms with Crippen LogP contribution in [0.1, 0.15) is 48.1 Å². The van der Waals surface area contributed by atoms with Crippen molar-refractivity contribution >= 4 is 12.1 Å². The number of carbonyl (C=O) groups is 1. The number of ether oxygens (including phenoxy) is 1. The van der Waals surface area contributed by atoms with Crippen molar-refractivity contribution in [2.45, 2.75) is 49.3 Å². The minimum Gasteiger partial charge on any atom is -0.371 e. The topological polar surface area (TPSA) is 50.7 Å². The molecule has 3 atom stereocenters. The summed E-state index contributed by atoms with van der Waals surface area (Å²) in [7, 11) is 0. The van der Waals surface area contributed by atoms with E-state index in [0.29, 0.717) is 24.1 Å². The molecule has 0 bridgehead atoms. The summed E-state index contributed by atoms with van der Waals surface area (Å²) < 4.78 is 85.7. The maximum Gasteiger partial charge on any atom is 0.416 e. The van der Waals surface area contributed by atoms with Gasteiger partial charge in [-0.1, -0.05) is 42.5 Å². The predicted octanol–water partition coefficient (Wildman–Crippen LogP) is 6.79. The van der Waals surface area contributed by atoms with Crippen LogP contribution in [0.25, 0.3) is 0 Å². The second-order valence-corrected chi connectivity index (χ2v) is 8.84. The number of amides is 1. The molecule has 0 aliphatic carbocycles. The van der Waals surface area contributed by atoms with Crippen LogP contribution in [-0.4, -0.2) is 24.3 Å². The Kier molecular flexibility index (Phi) is 8.02. The molecule has 198 valence electrons. The number of nitrogens with one attached hydrogen (secondary N) is 1. The van der Waals surface area contributed by atoms with Crippen molar-refractivity contribution in [1.29, 1.82) is 0 Å². The minimum absolute atomic E-state index is 0.0726. The van der Waals surface area contributed by atoms with E-state index in [4.69, 9.17) is 4.74 Å². The highest BCUT2D eigenvalue weighted by Crippen LogP contribution is 2.39. The SMILES string of the molecule is C=C[C@](COC(C)c1cc(C(F)(F)F)cc(C(F)(F)F)c1)(/N=C\[C@]1(C=C)CCC(=O)N1)c1ccccc1. The van der Waals surface area contributed by atoms with Gasteiger partial charge in [0, 0.05) is 12.6 Å². The van der Waals surface area contributed by atoms with E-state index in [-0.39, 0.29) is 30.6 Å². The summed E-state index contributed by atoms with van der Waals surface area (Å²) in [6.07, 6.45) is -5.87. The molecule has 1 saturated heterocycles. The second-order valence-electron chi connectivity index (χ2n) is 8.84. The molecule has 4 nitrogen and oxygen atoms in total. The zero-order chi connectivity index (χ0) is 27.5. The molecule has 1 aliphatic heterocycles. The van der Waals surface area contributed by atoms with Crippen molar-refractivity contribution < 1.29 is 35.9 Å². The van der Waals surface area contributed by atoms with E-state index < -0.39 is 40.7 Å². The number of hydrogen-bond donors (Lipinski definition) is 1. The molecular weight excluding hydrogens is 498 g/mol. The van der Waals surface area contributed by atoms with Crippen LogP contribution in [0.5, 0.6) is 0 Å². The van der Waals surface area contributed by atoms with Crippen LogP contribution < -0.4 is 5.32 Å². The van der Waals surface area contributed by atoms with Gasteiger partial charge >= 0.3 is 12.4 Å². The molecule has 1 heterocycles. The summed E-state index contributed by atoms with van der Waals surface area (Å²) in [4.78, 5) is 16.5. The standard InChI is InChI=1S/C27H26F6N2O2/c1-4-24(12-11-23(36)35-24)16-34-25(5-2,20-9-7-6-8-10-20)17-37-18(3)19-13-21(26(28,29)30)15-22(14-19)27(31,32)33/h4-10,13-16,18H,1-2,11-12,17H2,3H3,(H,35,36)/b34-16-/t18?,24-,25+/m0/s1. The molecule has 0 radical (unpaired) electrons. The summed E-state index contributed by atoms with van der Waals surface area (Å²) >= 11 is 0. The summed E-state index contributed by atoms with van der Waals surface area (Å²) in [5, 5.41) is 2.80. The van der Waals surface area contributed by atoms with Crippen molar-refractivity contribution in [3.63, 3.8) is 0 Å². The molecular formula is C27H26F6N2O2. The maximum absolute atomic E-state index is 13.3. The Balaban J connectivity index is 1.97. The van der Waals surface area contributed by atoms with Crippen LogP contribution >= 0.6 is 0 Å². The van der Waals surface area contributed by atoms with Gasteiger partial charge in [-0.05, 0) is 42.7 Å². The number of halogens is 6. The van der Waals surface area contributed by atoms with Crippen LogP contribution in [0.4, 0.5) is 26.3 Å². The lowest BCUT2D eigenvalue weighted by molar-refractivity contribution is -0.143. The van der Waals surface area contributed by atoms with Crippen LogP contribution in [0.15, 0.2) is 78.8 Å². The zero-order valence-corrected chi connectivity index (χ0v) is 20.0. The predicted molar refractivity (Wildman–Crippen MR) is 128 cm³/mol. The van der Waals surface area contributed by atoms with E-state index >= 15 is 0 Å². The third-order valence-electron chi connectivity index (χ3n) is 6.27. The Bertz CT molecular complexity index is 1140. The van der Waals surface area contributed by atoms with Crippen molar-refractivity contribution in [3.05, 3.63) is 96.1 Å². The number of hydrogen-bond acceptors (Lipinski definition) is 3. The van der Waals surface area contributed by atoms with Gasteiger partial charge in [0.25, 0.3) is 0 Å². The van der Waals surface area contributed by atoms with E-state index in [0.717, 1.165) is 0 Å². The number of alkyl halides is 6. The first-order valence-electron chi connectivity index (χ1n) is 11.3. The van der Waals surface area contributed by atoms with Gasteiger partial charge in [-0.2, -0.15) is 26.3 Å². The molecule has 1 amide bonds. The van der Waals surface area contributed by atoms with E-state index in [1.54, 1.807) is 36.4 Å². The van der Waals surface area contributed by atoms with Gasteiger partial charge in [0.15, 0.2) is 0 Å². The largest absolute Gasteiger partial charge is 0.416 e. The minimum atomic E-state index is -4.97. The highest BCUT2D eigenvalue weighted by molar-refractivity contribution is 5.89. The van der Waals surface area contributed by atoms with Crippen molar-refractivity contribution in [2.24, 2.45) is 4.99 Å². The van der Waals surface area contributed by atoms with Crippen LogP contribution in [0, 0.1) is 0 Å². The molecule has 1 N–H and O–H groups in total. The second kappa shape index (κ2) is 10.5. The van der Waals surface area contributed by atoms with E-state index in [1.807, 2.05) is 0 Å². The zero-order valence-electron chi connectivity index (χ0n) is 20.0. The number of carbonyl (C=O) groups excluding carboxylic acids is 1. The van der Waals surface area contributed by atoms with Gasteiger partial charge in [-0.25, -0.2) is 0 Å². The van der Waals surface area contributed by atoms with Crippen molar-refractivity contribution in [1.82, 2.24) is 5.32 Å². The van der Waals surface area contributed by atoms with Crippen LogP contribution in [0.2, 0.25) is 0 Å². The lowest BCUT2D eigenvalue weighted by Gasteiger charge is -2.30. The molecule has 2 aromatic rings. The summed E-state index contributed by atoms with van der Waals surface area (Å²) in [5.41, 5.74) is -4.68. The molecule has 1 aliphatic rings. The highest BCUT2D eigenvalue weighted by atomic mass is 19.4. The van der Waals surface area contributed by atoms with Gasteiger partial charge in [0.1, 0.15) is 5.54 Å². The van der Waals surface area contributed by atoms with Crippen molar-refractivity contribution in [2.75, 3.05) is 6.61 Å². The number of nitrogens with zero attached hydrogens (tertiary/aromatic N) is 1. The fourth-order valence-corrected chi connectivity index (χ4v) is 3.95. The van der Waals surface area contributed by atoms with Gasteiger partial charge in [-0.15, -0.1) is 13.2 Å². The first kappa shape index (κ1) is 28.2. The lowest BCUT2D eigenvalue weighted by Crippen LogP contribution is -2.42. The molecule has 1 fully saturated rings. The number of aliphatic imine (C=N–C) groups is 1. The van der Waals surface area contributed by atoms with Crippen molar-refractivity contribution in [3.8, 4) is 0 Å². The quantitative estimate of drug-likeness (QED) is 0.223. The molecule has 3 rings (SSSR count). The average Bonchev–Trinajstić information content (AvgIpc) is 3.24. The smallest absolute Gasteiger partial charge is 0.371 e. The Morgan fingerprint density at radius 3 is 2.08 bits per heavy atom. The molecule has 10 heteroatoms. The fraction of sp³-hybridized carbons (Fsp3) is 0.333. The Morgan fingerprint density at radius 2 is 1.62 bits per heavy atom. The molecule has 1 unspecified atom stereocenters. The molecule has 37 heavy (non-hydrogen) atoms. The monoisotopic (exact) mass is 524 g/mol. The summed E-state index contributed by atoms with van der Waals surface area (Å²) in [5.74, 6) is -0.176. The third kappa shape index (κ3) is 6.49. The molecule has 2 aromatic carbocycles. The normalized spacial score (nSPS) is 20.9. The van der Waals surface area contributed by atoms with Gasteiger partial charge in [0.2, 0.25) is 5.91 Å². The Morgan fingerprint density at radius 1 is 1.03 bits per heavy atom. The Labute approximate surface area is 210 Å². The first-order chi connectivity index (χ1) is 17.2. The van der Waals surface area contributed by atoms with Gasteiger partial charge in [-0.3, -0.25) is 9.79 Å². The lowest BCUT2D eigenvalue weighted by atomic mass is 9.90. The van der Waals surface area contributed by atoms with Crippen LogP contribution in [-0.2, 0) is 27.4 Å². The van der Waals surface area contributed by atoms with Gasteiger partial charge < -0.3 is 10.1 Å². The fourth-order valence-electron chi connectivity index (χ4n) is 3.95. The van der Waals surface area contributed by atoms with Gasteiger partial charge in [0.05, 0.1) is 29.4 Å². The van der Waals surface area contributed by atoms with E-state index in [2.05, 4.69) is 23.5 Å². The molecule has 0 spiro atoms. The summed E-state index contributed by atoms with van der Waals surface area (Å²) in [6, 6.07) is 10.1. The third-order valence-corrected chi connectivity index (χ3v) is 6.27. The average molecular weight is 525 g/mol. The van der Waals surface area contributed by atoms with E-state index in [1.165, 1.54) is 19.2 Å². The highest BCUT2D eigenvalue weighted by Gasteiger charge is 2.38. The van der Waals surface area contributed by atoms with Crippen LogP contribution in [0.3, 0.4) is 0 Å². The first-order valence-corrected chi connectivity index (χ1v) is 11.3. The number of benzene rings is 2. The van der Waals surface area contributed by atoms with E-state index in [9.17, 15) is 31.1 Å². The molecule has 0 saturated carbocycles. The molecule has 0 aromatic heterocycles. The summed E-state index contributed by atoms with van der Waals surface area (Å²) in [6.45, 7) is 8.74. The maximum atomic E-state index is 13.3. The number of rotatable bonds is 9. The Hall–Kier alpha value is -3.40.